The highest BCUT2D eigenvalue weighted by atomic mass is 79.9. The van der Waals surface area contributed by atoms with Crippen molar-refractivity contribution in [3.63, 3.8) is 0 Å². The Kier molecular flexibility index (Phi) is 8.77. The van der Waals surface area contributed by atoms with Crippen LogP contribution in [0.15, 0.2) is 18.3 Å². The average Bonchev–Trinajstić information content (AvgIpc) is 3.28. The second-order valence-corrected chi connectivity index (χ2v) is 10.1. The van der Waals surface area contributed by atoms with E-state index >= 15 is 0 Å². The molecule has 1 amide bonds. The van der Waals surface area contributed by atoms with E-state index in [9.17, 15) is 4.79 Å². The van der Waals surface area contributed by atoms with E-state index < -0.39 is 0 Å². The molecule has 34 heavy (non-hydrogen) atoms. The van der Waals surface area contributed by atoms with Crippen molar-refractivity contribution in [2.75, 3.05) is 48.8 Å². The van der Waals surface area contributed by atoms with Crippen molar-refractivity contribution in [3.05, 3.63) is 23.9 Å². The second kappa shape index (κ2) is 12.0. The van der Waals surface area contributed by atoms with Crippen LogP contribution in [-0.4, -0.2) is 74.6 Å². The minimum Gasteiger partial charge on any atom is -0.381 e. The quantitative estimate of drug-likeness (QED) is 0.373. The number of hydrogen-bond acceptors (Lipinski definition) is 7. The summed E-state index contributed by atoms with van der Waals surface area (Å²) in [5.41, 5.74) is 1.97. The minimum atomic E-state index is 0.114. The lowest BCUT2D eigenvalue weighted by atomic mass is 9.93. The summed E-state index contributed by atoms with van der Waals surface area (Å²) in [5.74, 6) is 2.40. The molecule has 0 atom stereocenters. The summed E-state index contributed by atoms with van der Waals surface area (Å²) in [5, 5.41) is 12.3. The zero-order valence-corrected chi connectivity index (χ0v) is 21.8. The molecular weight excluding hydrogens is 498 g/mol. The molecule has 2 aromatic heterocycles. The number of fused-ring (bicyclic) bond motifs is 1. The molecule has 2 aliphatic rings. The van der Waals surface area contributed by atoms with Crippen LogP contribution >= 0.6 is 15.9 Å². The van der Waals surface area contributed by atoms with E-state index in [0.717, 1.165) is 82.1 Å². The first-order valence-corrected chi connectivity index (χ1v) is 13.5. The van der Waals surface area contributed by atoms with Gasteiger partial charge in [0.05, 0.1) is 6.20 Å². The number of alkyl halides is 1. The number of piperidine rings is 1. The summed E-state index contributed by atoms with van der Waals surface area (Å²) in [6.45, 7) is 8.31. The molecule has 2 aromatic rings. The van der Waals surface area contributed by atoms with E-state index in [4.69, 9.17) is 14.7 Å². The number of nitrogens with zero attached hydrogens (tertiary/aromatic N) is 5. The predicted molar refractivity (Wildman–Crippen MR) is 138 cm³/mol. The Morgan fingerprint density at radius 2 is 2.00 bits per heavy atom. The van der Waals surface area contributed by atoms with Crippen molar-refractivity contribution >= 4 is 39.4 Å². The van der Waals surface area contributed by atoms with Crippen LogP contribution in [0, 0.1) is 5.92 Å². The molecule has 2 saturated heterocycles. The van der Waals surface area contributed by atoms with Crippen molar-refractivity contribution in [2.45, 2.75) is 57.9 Å². The smallest absolute Gasteiger partial charge is 0.246 e. The Labute approximate surface area is 209 Å². The summed E-state index contributed by atoms with van der Waals surface area (Å²) in [4.78, 5) is 23.7. The molecule has 10 heteroatoms. The number of carbonyl (C=O) groups excluding carboxylic acids is 1. The molecule has 9 nitrogen and oxygen atoms in total. The normalized spacial score (nSPS) is 18.3. The number of likely N-dealkylation sites (tertiary alicyclic amines) is 1. The highest BCUT2D eigenvalue weighted by molar-refractivity contribution is 9.09. The maximum absolute atomic E-state index is 12.2. The Bertz CT molecular complexity index is 979. The molecule has 0 aromatic carbocycles. The van der Waals surface area contributed by atoms with Gasteiger partial charge in [0.1, 0.15) is 0 Å². The first kappa shape index (κ1) is 24.9. The third-order valence-electron chi connectivity index (χ3n) is 6.68. The van der Waals surface area contributed by atoms with Crippen LogP contribution in [0.3, 0.4) is 0 Å². The van der Waals surface area contributed by atoms with Crippen LogP contribution in [0.2, 0.25) is 0 Å². The first-order valence-electron chi connectivity index (χ1n) is 12.4. The van der Waals surface area contributed by atoms with Crippen molar-refractivity contribution in [1.29, 1.82) is 0 Å². The monoisotopic (exact) mass is 533 g/mol. The van der Waals surface area contributed by atoms with E-state index in [1.807, 2.05) is 21.7 Å². The predicted octanol–water partition coefficient (Wildman–Crippen LogP) is 3.83. The van der Waals surface area contributed by atoms with Gasteiger partial charge in [0.15, 0.2) is 5.65 Å². The van der Waals surface area contributed by atoms with Gasteiger partial charge in [-0.05, 0) is 50.0 Å². The third-order valence-corrected chi connectivity index (χ3v) is 7.06. The zero-order valence-electron chi connectivity index (χ0n) is 20.2. The van der Waals surface area contributed by atoms with Gasteiger partial charge >= 0.3 is 0 Å². The standard InChI is InChI=1S/C24H36BrN7O2/c1-17(2)20-16-27-32-22(20)29-23(28-19-8-14-34-15-9-19)30-24(32)26-11-5-18-6-12-31(13-7-18)21(33)4-3-10-25/h3-4,16-19H,5-15H2,1-2H3,(H2,26,28,29,30)/b4-3+. The van der Waals surface area contributed by atoms with Crippen LogP contribution in [-0.2, 0) is 9.53 Å². The van der Waals surface area contributed by atoms with E-state index in [0.29, 0.717) is 29.2 Å². The fourth-order valence-electron chi connectivity index (χ4n) is 4.59. The fourth-order valence-corrected chi connectivity index (χ4v) is 4.77. The lowest BCUT2D eigenvalue weighted by molar-refractivity contribution is -0.127. The molecule has 0 unspecified atom stereocenters. The van der Waals surface area contributed by atoms with E-state index in [-0.39, 0.29) is 5.91 Å². The Morgan fingerprint density at radius 3 is 2.71 bits per heavy atom. The van der Waals surface area contributed by atoms with Gasteiger partial charge in [-0.1, -0.05) is 35.9 Å². The van der Waals surface area contributed by atoms with E-state index in [2.05, 4.69) is 45.5 Å². The van der Waals surface area contributed by atoms with Crippen molar-refractivity contribution in [2.24, 2.45) is 5.92 Å². The second-order valence-electron chi connectivity index (χ2n) is 9.43. The maximum atomic E-state index is 12.2. The van der Waals surface area contributed by atoms with Crippen LogP contribution in [0.4, 0.5) is 11.9 Å². The van der Waals surface area contributed by atoms with Crippen molar-refractivity contribution in [3.8, 4) is 0 Å². The topological polar surface area (TPSA) is 96.7 Å². The molecule has 4 heterocycles. The number of ether oxygens (including phenoxy) is 1. The van der Waals surface area contributed by atoms with E-state index in [1.165, 1.54) is 0 Å². The molecule has 4 rings (SSSR count). The summed E-state index contributed by atoms with van der Waals surface area (Å²) >= 11 is 3.32. The maximum Gasteiger partial charge on any atom is 0.246 e. The summed E-state index contributed by atoms with van der Waals surface area (Å²) in [6.07, 6.45) is 10.4. The summed E-state index contributed by atoms with van der Waals surface area (Å²) < 4.78 is 7.30. The Morgan fingerprint density at radius 1 is 1.24 bits per heavy atom. The number of rotatable bonds is 9. The Hall–Kier alpha value is -2.20. The van der Waals surface area contributed by atoms with Gasteiger partial charge in [-0.3, -0.25) is 4.79 Å². The number of halogens is 1. The number of allylic oxidation sites excluding steroid dienone is 1. The van der Waals surface area contributed by atoms with Gasteiger partial charge in [0, 0.05) is 49.8 Å². The molecule has 186 valence electrons. The van der Waals surface area contributed by atoms with Crippen LogP contribution < -0.4 is 10.6 Å². The van der Waals surface area contributed by atoms with Crippen molar-refractivity contribution < 1.29 is 9.53 Å². The SMILES string of the molecule is CC(C)c1cnn2c(NCCC3CCN(C(=O)/C=C/CBr)CC3)nc(NC3CCOCC3)nc12. The van der Waals surface area contributed by atoms with E-state index in [1.54, 1.807) is 6.08 Å². The summed E-state index contributed by atoms with van der Waals surface area (Å²) in [6, 6.07) is 0.326. The molecule has 2 aliphatic heterocycles. The number of amides is 1. The zero-order chi connectivity index (χ0) is 23.9. The van der Waals surface area contributed by atoms with Gasteiger partial charge in [0.25, 0.3) is 0 Å². The number of carbonyl (C=O) groups is 1. The third kappa shape index (κ3) is 6.27. The number of nitrogens with one attached hydrogen (secondary N) is 2. The van der Waals surface area contributed by atoms with Crippen molar-refractivity contribution in [1.82, 2.24) is 24.5 Å². The van der Waals surface area contributed by atoms with Crippen LogP contribution in [0.25, 0.3) is 5.65 Å². The number of hydrogen-bond donors (Lipinski definition) is 2. The molecule has 2 fully saturated rings. The first-order chi connectivity index (χ1) is 16.5. The minimum absolute atomic E-state index is 0.114. The molecule has 0 bridgehead atoms. The molecule has 0 saturated carbocycles. The van der Waals surface area contributed by atoms with Gasteiger partial charge in [0.2, 0.25) is 17.8 Å². The fraction of sp³-hybridized carbons (Fsp3) is 0.667. The average molecular weight is 535 g/mol. The van der Waals surface area contributed by atoms with Crippen LogP contribution in [0.1, 0.15) is 57.4 Å². The van der Waals surface area contributed by atoms with Gasteiger partial charge < -0.3 is 20.3 Å². The highest BCUT2D eigenvalue weighted by Gasteiger charge is 2.22. The number of aromatic nitrogens is 4. The Balaban J connectivity index is 1.38. The van der Waals surface area contributed by atoms with Gasteiger partial charge in [-0.15, -0.1) is 0 Å². The van der Waals surface area contributed by atoms with Gasteiger partial charge in [-0.25, -0.2) is 0 Å². The highest BCUT2D eigenvalue weighted by Crippen LogP contribution is 2.24. The molecule has 0 radical (unpaired) electrons. The van der Waals surface area contributed by atoms with Gasteiger partial charge in [-0.2, -0.15) is 19.6 Å². The lowest BCUT2D eigenvalue weighted by Gasteiger charge is -2.31. The molecule has 2 N–H and O–H groups in total. The lowest BCUT2D eigenvalue weighted by Crippen LogP contribution is -2.37. The molecule has 0 aliphatic carbocycles. The molecular formula is C24H36BrN7O2. The van der Waals surface area contributed by atoms with Crippen LogP contribution in [0.5, 0.6) is 0 Å². The summed E-state index contributed by atoms with van der Waals surface area (Å²) in [7, 11) is 0. The number of anilines is 2. The largest absolute Gasteiger partial charge is 0.381 e. The molecule has 0 spiro atoms.